The standard InChI is InChI=1S/C33H38N4O8/c1-6-43-28-16-24(31-30(32(39)42-5)21(3)35-33(40)36-31)11-13-26(28)45-19-29(38)37-34-17-22-10-12-25(27(15-22)41-4)44-18-23-9-7-8-20(2)14-23/h7-17,29,31,37-38H,6,18-19H2,1-5H3,(H2,35,36,40)/b34-17-/t29-,31+/m0/s1. The molecule has 3 aromatic rings. The molecular formula is C33H38N4O8. The molecule has 1 aliphatic heterocycles. The topological polar surface area (TPSA) is 149 Å². The quantitative estimate of drug-likeness (QED) is 0.0907. The van der Waals surface area contributed by atoms with Gasteiger partial charge in [0, 0.05) is 5.70 Å². The van der Waals surface area contributed by atoms with Gasteiger partial charge in [0.05, 0.1) is 38.7 Å². The SMILES string of the molecule is CCOc1cc([C@H]2NC(=O)NC(C)=C2C(=O)OC)ccc1OC[C@H](O)N/N=C\c1ccc(OCc2cccc(C)c2)c(OC)c1. The molecule has 4 rings (SSSR count). The van der Waals surface area contributed by atoms with Crippen molar-refractivity contribution in [3.8, 4) is 23.0 Å². The molecule has 0 radical (unpaired) electrons. The van der Waals surface area contributed by atoms with E-state index in [9.17, 15) is 14.7 Å². The Bertz CT molecular complexity index is 1570. The number of aliphatic hydroxyl groups is 1. The summed E-state index contributed by atoms with van der Waals surface area (Å²) in [5.41, 5.74) is 6.83. The van der Waals surface area contributed by atoms with Gasteiger partial charge in [0.15, 0.2) is 29.2 Å². The highest BCUT2D eigenvalue weighted by Crippen LogP contribution is 2.35. The molecule has 45 heavy (non-hydrogen) atoms. The number of methoxy groups -OCH3 is 2. The first-order valence-corrected chi connectivity index (χ1v) is 14.3. The zero-order chi connectivity index (χ0) is 32.3. The van der Waals surface area contributed by atoms with Crippen LogP contribution in [0.15, 0.2) is 77.0 Å². The highest BCUT2D eigenvalue weighted by Gasteiger charge is 2.32. The number of allylic oxidation sites excluding steroid dienone is 1. The Morgan fingerprint density at radius 1 is 1.00 bits per heavy atom. The van der Waals surface area contributed by atoms with Gasteiger partial charge in [0.1, 0.15) is 13.2 Å². The van der Waals surface area contributed by atoms with Gasteiger partial charge in [-0.3, -0.25) is 5.43 Å². The number of ether oxygens (including phenoxy) is 5. The lowest BCUT2D eigenvalue weighted by molar-refractivity contribution is -0.136. The maximum absolute atomic E-state index is 12.4. The average molecular weight is 619 g/mol. The molecule has 0 saturated carbocycles. The number of hydrazone groups is 1. The number of urea groups is 1. The molecule has 2 amide bonds. The van der Waals surface area contributed by atoms with E-state index in [0.717, 1.165) is 16.7 Å². The number of carbonyl (C=O) groups is 2. The minimum Gasteiger partial charge on any atom is -0.493 e. The molecule has 0 spiro atoms. The molecule has 0 fully saturated rings. The summed E-state index contributed by atoms with van der Waals surface area (Å²) in [5, 5.41) is 19.9. The van der Waals surface area contributed by atoms with Crippen LogP contribution in [0.3, 0.4) is 0 Å². The van der Waals surface area contributed by atoms with E-state index in [-0.39, 0.29) is 12.2 Å². The molecule has 2 atom stereocenters. The molecule has 0 bridgehead atoms. The number of hydrogen-bond donors (Lipinski definition) is 4. The molecule has 3 aromatic carbocycles. The van der Waals surface area contributed by atoms with E-state index < -0.39 is 24.3 Å². The minimum atomic E-state index is -1.14. The highest BCUT2D eigenvalue weighted by atomic mass is 16.5. The average Bonchev–Trinajstić information content (AvgIpc) is 3.03. The summed E-state index contributed by atoms with van der Waals surface area (Å²) in [6.45, 7) is 6.07. The predicted molar refractivity (Wildman–Crippen MR) is 167 cm³/mol. The molecule has 4 N–H and O–H groups in total. The van der Waals surface area contributed by atoms with Crippen LogP contribution in [-0.4, -0.2) is 57.0 Å². The lowest BCUT2D eigenvalue weighted by Crippen LogP contribution is -2.45. The molecule has 12 nitrogen and oxygen atoms in total. The fraction of sp³-hybridized carbons (Fsp3) is 0.303. The Morgan fingerprint density at radius 2 is 1.78 bits per heavy atom. The number of carbonyl (C=O) groups excluding carboxylic acids is 2. The third-order valence-corrected chi connectivity index (χ3v) is 6.77. The van der Waals surface area contributed by atoms with Crippen molar-refractivity contribution in [1.29, 1.82) is 0 Å². The van der Waals surface area contributed by atoms with Crippen LogP contribution in [0.2, 0.25) is 0 Å². The smallest absolute Gasteiger partial charge is 0.337 e. The lowest BCUT2D eigenvalue weighted by Gasteiger charge is -2.28. The van der Waals surface area contributed by atoms with Gasteiger partial charge in [-0.05, 0) is 67.8 Å². The summed E-state index contributed by atoms with van der Waals surface area (Å²) in [4.78, 5) is 24.6. The van der Waals surface area contributed by atoms with Crippen LogP contribution in [0.25, 0.3) is 0 Å². The van der Waals surface area contributed by atoms with Gasteiger partial charge in [0.25, 0.3) is 0 Å². The van der Waals surface area contributed by atoms with Crippen molar-refractivity contribution in [1.82, 2.24) is 16.1 Å². The Hall–Kier alpha value is -5.23. The number of nitrogens with one attached hydrogen (secondary N) is 3. The number of amides is 2. The van der Waals surface area contributed by atoms with Crippen molar-refractivity contribution in [2.75, 3.05) is 27.4 Å². The van der Waals surface area contributed by atoms with E-state index in [1.165, 1.54) is 13.3 Å². The molecular weight excluding hydrogens is 580 g/mol. The van der Waals surface area contributed by atoms with Gasteiger partial charge in [-0.15, -0.1) is 0 Å². The largest absolute Gasteiger partial charge is 0.493 e. The predicted octanol–water partition coefficient (Wildman–Crippen LogP) is 4.10. The summed E-state index contributed by atoms with van der Waals surface area (Å²) < 4.78 is 27.9. The molecule has 0 unspecified atom stereocenters. The van der Waals surface area contributed by atoms with E-state index in [4.69, 9.17) is 23.7 Å². The second-order valence-electron chi connectivity index (χ2n) is 10.1. The second-order valence-corrected chi connectivity index (χ2v) is 10.1. The number of aryl methyl sites for hydroxylation is 1. The number of benzene rings is 3. The van der Waals surface area contributed by atoms with Gasteiger partial charge in [0.2, 0.25) is 0 Å². The van der Waals surface area contributed by atoms with E-state index >= 15 is 0 Å². The summed E-state index contributed by atoms with van der Waals surface area (Å²) in [5.74, 6) is 1.31. The normalized spacial score (nSPS) is 15.2. The fourth-order valence-electron chi connectivity index (χ4n) is 4.67. The first kappa shape index (κ1) is 32.7. The van der Waals surface area contributed by atoms with Crippen molar-refractivity contribution < 1.29 is 38.4 Å². The zero-order valence-corrected chi connectivity index (χ0v) is 25.9. The number of nitrogens with zero attached hydrogens (tertiary/aromatic N) is 1. The number of rotatable bonds is 14. The van der Waals surface area contributed by atoms with Gasteiger partial charge in [-0.2, -0.15) is 5.10 Å². The van der Waals surface area contributed by atoms with Crippen molar-refractivity contribution in [3.63, 3.8) is 0 Å². The van der Waals surface area contributed by atoms with Crippen molar-refractivity contribution in [3.05, 3.63) is 94.2 Å². The zero-order valence-electron chi connectivity index (χ0n) is 25.9. The van der Waals surface area contributed by atoms with Gasteiger partial charge < -0.3 is 39.4 Å². The Kier molecular flexibility index (Phi) is 11.2. The Labute approximate surface area is 262 Å². The molecule has 0 aliphatic carbocycles. The molecule has 0 saturated heterocycles. The van der Waals surface area contributed by atoms with Crippen LogP contribution in [0.1, 0.15) is 42.1 Å². The van der Waals surface area contributed by atoms with Crippen molar-refractivity contribution in [2.24, 2.45) is 5.10 Å². The third-order valence-electron chi connectivity index (χ3n) is 6.77. The molecule has 0 aromatic heterocycles. The monoisotopic (exact) mass is 618 g/mol. The summed E-state index contributed by atoms with van der Waals surface area (Å²) in [6, 6.07) is 17.3. The highest BCUT2D eigenvalue weighted by molar-refractivity contribution is 5.95. The first-order chi connectivity index (χ1) is 21.7. The van der Waals surface area contributed by atoms with E-state index in [0.29, 0.717) is 47.5 Å². The molecule has 238 valence electrons. The van der Waals surface area contributed by atoms with Crippen LogP contribution in [-0.2, 0) is 16.1 Å². The van der Waals surface area contributed by atoms with Crippen LogP contribution in [0, 0.1) is 6.92 Å². The van der Waals surface area contributed by atoms with Gasteiger partial charge >= 0.3 is 12.0 Å². The molecule has 12 heteroatoms. The Balaban J connectivity index is 1.36. The van der Waals surface area contributed by atoms with E-state index in [2.05, 4.69) is 27.2 Å². The van der Waals surface area contributed by atoms with Gasteiger partial charge in [-0.1, -0.05) is 35.9 Å². The van der Waals surface area contributed by atoms with Crippen molar-refractivity contribution >= 4 is 18.2 Å². The van der Waals surface area contributed by atoms with E-state index in [1.807, 2.05) is 38.1 Å². The summed E-state index contributed by atoms with van der Waals surface area (Å²) in [7, 11) is 2.84. The van der Waals surface area contributed by atoms with E-state index in [1.54, 1.807) is 44.4 Å². The Morgan fingerprint density at radius 3 is 2.51 bits per heavy atom. The van der Waals surface area contributed by atoms with Gasteiger partial charge in [-0.25, -0.2) is 9.59 Å². The molecule has 1 heterocycles. The maximum Gasteiger partial charge on any atom is 0.337 e. The van der Waals surface area contributed by atoms with Crippen LogP contribution in [0.5, 0.6) is 23.0 Å². The van der Waals surface area contributed by atoms with Crippen LogP contribution < -0.4 is 35.0 Å². The maximum atomic E-state index is 12.4. The van der Waals surface area contributed by atoms with Crippen LogP contribution >= 0.6 is 0 Å². The first-order valence-electron chi connectivity index (χ1n) is 14.3. The number of hydrogen-bond acceptors (Lipinski definition) is 10. The fourth-order valence-corrected chi connectivity index (χ4v) is 4.67. The van der Waals surface area contributed by atoms with Crippen LogP contribution in [0.4, 0.5) is 4.79 Å². The molecule has 1 aliphatic rings. The lowest BCUT2D eigenvalue weighted by atomic mass is 9.95. The minimum absolute atomic E-state index is 0.150. The number of esters is 1. The van der Waals surface area contributed by atoms with Crippen molar-refractivity contribution in [2.45, 2.75) is 39.6 Å². The third kappa shape index (κ3) is 8.67. The summed E-state index contributed by atoms with van der Waals surface area (Å²) >= 11 is 0. The summed E-state index contributed by atoms with van der Waals surface area (Å²) in [6.07, 6.45) is 0.396. The number of aliphatic hydroxyl groups excluding tert-OH is 1. The second kappa shape index (κ2) is 15.5.